The quantitative estimate of drug-likeness (QED) is 0.681. The summed E-state index contributed by atoms with van der Waals surface area (Å²) < 4.78 is 0. The van der Waals surface area contributed by atoms with E-state index in [0.29, 0.717) is 18.0 Å². The van der Waals surface area contributed by atoms with Crippen molar-refractivity contribution in [3.05, 3.63) is 53.1 Å². The first-order valence-electron chi connectivity index (χ1n) is 8.45. The van der Waals surface area contributed by atoms with Crippen molar-refractivity contribution in [3.8, 4) is 5.75 Å². The Morgan fingerprint density at radius 3 is 2.12 bits per heavy atom. The third kappa shape index (κ3) is 4.02. The molecule has 0 saturated heterocycles. The summed E-state index contributed by atoms with van der Waals surface area (Å²) in [5.41, 5.74) is 10.6. The lowest BCUT2D eigenvalue weighted by molar-refractivity contribution is 0.439. The zero-order valence-electron chi connectivity index (χ0n) is 15.7. The van der Waals surface area contributed by atoms with Gasteiger partial charge in [0, 0.05) is 12.1 Å². The lowest BCUT2D eigenvalue weighted by atomic mass is 9.79. The summed E-state index contributed by atoms with van der Waals surface area (Å²) in [4.78, 5) is 0. The predicted molar refractivity (Wildman–Crippen MR) is 104 cm³/mol. The van der Waals surface area contributed by atoms with Crippen molar-refractivity contribution in [2.75, 3.05) is 11.1 Å². The van der Waals surface area contributed by atoms with E-state index in [0.717, 1.165) is 16.8 Å². The van der Waals surface area contributed by atoms with Gasteiger partial charge in [-0.05, 0) is 40.2 Å². The highest BCUT2D eigenvalue weighted by molar-refractivity contribution is 5.66. The van der Waals surface area contributed by atoms with Crippen LogP contribution in [0.5, 0.6) is 5.75 Å². The number of benzene rings is 2. The van der Waals surface area contributed by atoms with E-state index in [-0.39, 0.29) is 10.8 Å². The maximum absolute atomic E-state index is 10.8. The van der Waals surface area contributed by atoms with Crippen molar-refractivity contribution in [3.63, 3.8) is 0 Å². The Morgan fingerprint density at radius 1 is 0.958 bits per heavy atom. The van der Waals surface area contributed by atoms with Gasteiger partial charge in [-0.3, -0.25) is 0 Å². The molecule has 0 aliphatic carbocycles. The molecule has 0 fully saturated rings. The standard InChI is InChI=1S/C21H30N2O/c1-20(2,3)15-11-14(19(24)16(12-15)21(4,5)6)13-23-18-10-8-7-9-17(18)22/h7-12,23-24H,13,22H2,1-6H3. The number of nitrogen functional groups attached to an aromatic ring is 1. The Balaban J connectivity index is 2.43. The van der Waals surface area contributed by atoms with Gasteiger partial charge >= 0.3 is 0 Å². The minimum Gasteiger partial charge on any atom is -0.507 e. The summed E-state index contributed by atoms with van der Waals surface area (Å²) in [7, 11) is 0. The van der Waals surface area contributed by atoms with Gasteiger partial charge in [0.15, 0.2) is 0 Å². The maximum atomic E-state index is 10.8. The molecule has 0 spiro atoms. The maximum Gasteiger partial charge on any atom is 0.124 e. The van der Waals surface area contributed by atoms with Crippen LogP contribution in [0.3, 0.4) is 0 Å². The fourth-order valence-corrected chi connectivity index (χ4v) is 2.68. The monoisotopic (exact) mass is 326 g/mol. The van der Waals surface area contributed by atoms with E-state index in [9.17, 15) is 5.11 Å². The first-order chi connectivity index (χ1) is 11.0. The highest BCUT2D eigenvalue weighted by atomic mass is 16.3. The summed E-state index contributed by atoms with van der Waals surface area (Å²) in [5, 5.41) is 14.1. The Bertz CT molecular complexity index is 722. The van der Waals surface area contributed by atoms with Gasteiger partial charge in [0.1, 0.15) is 5.75 Å². The Morgan fingerprint density at radius 2 is 1.58 bits per heavy atom. The van der Waals surface area contributed by atoms with Crippen LogP contribution in [-0.4, -0.2) is 5.11 Å². The number of rotatable bonds is 3. The molecule has 0 radical (unpaired) electrons. The second kappa shape index (κ2) is 6.39. The van der Waals surface area contributed by atoms with Crippen molar-refractivity contribution in [1.82, 2.24) is 0 Å². The van der Waals surface area contributed by atoms with E-state index in [4.69, 9.17) is 5.73 Å². The number of hydrogen-bond acceptors (Lipinski definition) is 3. The van der Waals surface area contributed by atoms with E-state index < -0.39 is 0 Å². The molecule has 2 aromatic carbocycles. The lowest BCUT2D eigenvalue weighted by Gasteiger charge is -2.27. The Kier molecular flexibility index (Phi) is 4.84. The molecule has 24 heavy (non-hydrogen) atoms. The number of hydrogen-bond donors (Lipinski definition) is 3. The molecule has 3 heteroatoms. The molecule has 3 nitrogen and oxygen atoms in total. The Hall–Kier alpha value is -2.16. The minimum atomic E-state index is -0.119. The summed E-state index contributed by atoms with van der Waals surface area (Å²) in [6.45, 7) is 13.5. The molecule has 0 aliphatic rings. The van der Waals surface area contributed by atoms with Crippen LogP contribution in [-0.2, 0) is 17.4 Å². The van der Waals surface area contributed by atoms with Crippen LogP contribution < -0.4 is 11.1 Å². The van der Waals surface area contributed by atoms with Crippen molar-refractivity contribution in [2.45, 2.75) is 58.9 Å². The van der Waals surface area contributed by atoms with Gasteiger partial charge in [0.05, 0.1) is 11.4 Å². The SMILES string of the molecule is CC(C)(C)c1cc(CNc2ccccc2N)c(O)c(C(C)(C)C)c1. The zero-order chi connectivity index (χ0) is 18.1. The van der Waals surface area contributed by atoms with Gasteiger partial charge < -0.3 is 16.2 Å². The predicted octanol–water partition coefficient (Wildman–Crippen LogP) is 5.18. The van der Waals surface area contributed by atoms with Crippen LogP contribution in [0.15, 0.2) is 36.4 Å². The largest absolute Gasteiger partial charge is 0.507 e. The average molecular weight is 326 g/mol. The van der Waals surface area contributed by atoms with Crippen LogP contribution in [0.1, 0.15) is 58.2 Å². The molecule has 0 unspecified atom stereocenters. The van der Waals surface area contributed by atoms with E-state index in [2.05, 4.69) is 59.0 Å². The zero-order valence-corrected chi connectivity index (χ0v) is 15.7. The van der Waals surface area contributed by atoms with Crippen LogP contribution in [0.4, 0.5) is 11.4 Å². The number of aromatic hydroxyl groups is 1. The van der Waals surface area contributed by atoms with E-state index in [1.54, 1.807) is 0 Å². The minimum absolute atomic E-state index is 0.0220. The smallest absolute Gasteiger partial charge is 0.124 e. The van der Waals surface area contributed by atoms with Gasteiger partial charge in [-0.2, -0.15) is 0 Å². The first-order valence-corrected chi connectivity index (χ1v) is 8.45. The van der Waals surface area contributed by atoms with Crippen molar-refractivity contribution in [1.29, 1.82) is 0 Å². The molecule has 130 valence electrons. The third-order valence-electron chi connectivity index (χ3n) is 4.29. The summed E-state index contributed by atoms with van der Waals surface area (Å²) in [6.07, 6.45) is 0. The highest BCUT2D eigenvalue weighted by Gasteiger charge is 2.24. The summed E-state index contributed by atoms with van der Waals surface area (Å²) in [5.74, 6) is 0.373. The van der Waals surface area contributed by atoms with E-state index in [1.165, 1.54) is 5.56 Å². The molecular weight excluding hydrogens is 296 g/mol. The van der Waals surface area contributed by atoms with Crippen LogP contribution >= 0.6 is 0 Å². The van der Waals surface area contributed by atoms with E-state index >= 15 is 0 Å². The average Bonchev–Trinajstić information content (AvgIpc) is 2.45. The van der Waals surface area contributed by atoms with Crippen LogP contribution in [0.2, 0.25) is 0 Å². The number of anilines is 2. The Labute approximate surface area is 145 Å². The second-order valence-corrected chi connectivity index (χ2v) is 8.47. The first kappa shape index (κ1) is 18.2. The third-order valence-corrected chi connectivity index (χ3v) is 4.29. The normalized spacial score (nSPS) is 12.2. The molecule has 2 rings (SSSR count). The van der Waals surface area contributed by atoms with Crippen molar-refractivity contribution < 1.29 is 5.11 Å². The highest BCUT2D eigenvalue weighted by Crippen LogP contribution is 2.38. The van der Waals surface area contributed by atoms with Gasteiger partial charge in [0.25, 0.3) is 0 Å². The number of phenols is 1. The molecule has 0 atom stereocenters. The van der Waals surface area contributed by atoms with Crippen molar-refractivity contribution >= 4 is 11.4 Å². The molecule has 2 aromatic rings. The van der Waals surface area contributed by atoms with Gasteiger partial charge in [-0.1, -0.05) is 59.7 Å². The van der Waals surface area contributed by atoms with Gasteiger partial charge in [-0.25, -0.2) is 0 Å². The van der Waals surface area contributed by atoms with Gasteiger partial charge in [0.2, 0.25) is 0 Å². The number of nitrogens with one attached hydrogen (secondary N) is 1. The molecule has 0 saturated carbocycles. The molecule has 4 N–H and O–H groups in total. The molecule has 0 bridgehead atoms. The fourth-order valence-electron chi connectivity index (χ4n) is 2.68. The van der Waals surface area contributed by atoms with Gasteiger partial charge in [-0.15, -0.1) is 0 Å². The number of phenolic OH excluding ortho intramolecular Hbond substituents is 1. The molecular formula is C21H30N2O. The van der Waals surface area contributed by atoms with E-state index in [1.807, 2.05) is 24.3 Å². The summed E-state index contributed by atoms with van der Waals surface area (Å²) in [6, 6.07) is 11.9. The number of nitrogens with two attached hydrogens (primary N) is 1. The summed E-state index contributed by atoms with van der Waals surface area (Å²) >= 11 is 0. The molecule has 0 heterocycles. The number of para-hydroxylation sites is 2. The second-order valence-electron chi connectivity index (χ2n) is 8.47. The fraction of sp³-hybridized carbons (Fsp3) is 0.429. The molecule has 0 aromatic heterocycles. The molecule has 0 amide bonds. The van der Waals surface area contributed by atoms with Crippen LogP contribution in [0.25, 0.3) is 0 Å². The van der Waals surface area contributed by atoms with Crippen LogP contribution in [0, 0.1) is 0 Å². The van der Waals surface area contributed by atoms with Crippen molar-refractivity contribution in [2.24, 2.45) is 0 Å². The molecule has 0 aliphatic heterocycles. The topological polar surface area (TPSA) is 58.3 Å². The lowest BCUT2D eigenvalue weighted by Crippen LogP contribution is -2.18.